The van der Waals surface area contributed by atoms with Crippen LogP contribution in [0.25, 0.3) is 27.8 Å². The van der Waals surface area contributed by atoms with E-state index in [-0.39, 0.29) is 11.5 Å². The van der Waals surface area contributed by atoms with E-state index in [4.69, 9.17) is 4.74 Å². The minimum Gasteiger partial charge on any atom is -0.378 e. The summed E-state index contributed by atoms with van der Waals surface area (Å²) in [6, 6.07) is 14.9. The van der Waals surface area contributed by atoms with Gasteiger partial charge in [-0.2, -0.15) is 0 Å². The minimum absolute atomic E-state index is 0.00699. The molecule has 1 amide bonds. The van der Waals surface area contributed by atoms with E-state index < -0.39 is 0 Å². The molecule has 4 aromatic rings. The molecule has 0 radical (unpaired) electrons. The molecule has 0 atom stereocenters. The average molecular weight is 415 g/mol. The first-order valence-electron chi connectivity index (χ1n) is 10.1. The highest BCUT2D eigenvalue weighted by Crippen LogP contribution is 2.24. The molecule has 8 heteroatoms. The van der Waals surface area contributed by atoms with Crippen LogP contribution in [0.15, 0.2) is 59.5 Å². The third-order valence-corrected chi connectivity index (χ3v) is 5.61. The van der Waals surface area contributed by atoms with Crippen molar-refractivity contribution in [3.63, 3.8) is 0 Å². The maximum Gasteiger partial charge on any atom is 0.258 e. The predicted octanol–water partition coefficient (Wildman–Crippen LogP) is 2.56. The molecule has 0 aliphatic carbocycles. The fraction of sp³-hybridized carbons (Fsp3) is 0.217. The highest BCUT2D eigenvalue weighted by molar-refractivity contribution is 5.94. The van der Waals surface area contributed by atoms with E-state index in [1.165, 1.54) is 0 Å². The van der Waals surface area contributed by atoms with Gasteiger partial charge in [-0.05, 0) is 42.8 Å². The number of aromatic amines is 1. The Balaban J connectivity index is 1.44. The van der Waals surface area contributed by atoms with E-state index in [0.29, 0.717) is 43.1 Å². The molecule has 0 unspecified atom stereocenters. The zero-order valence-corrected chi connectivity index (χ0v) is 17.0. The molecule has 156 valence electrons. The molecule has 1 aliphatic heterocycles. The van der Waals surface area contributed by atoms with Crippen LogP contribution < -0.4 is 5.56 Å². The highest BCUT2D eigenvalue weighted by atomic mass is 16.5. The normalized spacial score (nSPS) is 14.2. The Morgan fingerprint density at radius 1 is 1.06 bits per heavy atom. The number of nitrogens with zero attached hydrogens (tertiary/aromatic N) is 4. The number of morpholine rings is 1. The lowest BCUT2D eigenvalue weighted by Gasteiger charge is -2.26. The molecular weight excluding hydrogens is 394 g/mol. The Labute approximate surface area is 178 Å². The van der Waals surface area contributed by atoms with Gasteiger partial charge in [0.05, 0.1) is 30.7 Å². The molecular formula is C23H21N5O3. The average Bonchev–Trinajstić information content (AvgIpc) is 3.29. The fourth-order valence-electron chi connectivity index (χ4n) is 3.93. The van der Waals surface area contributed by atoms with Crippen molar-refractivity contribution in [3.05, 3.63) is 76.2 Å². The Morgan fingerprint density at radius 2 is 1.81 bits per heavy atom. The summed E-state index contributed by atoms with van der Waals surface area (Å²) in [6.45, 7) is 4.26. The Hall–Kier alpha value is -3.78. The second-order valence-corrected chi connectivity index (χ2v) is 7.50. The van der Waals surface area contributed by atoms with Crippen molar-refractivity contribution in [2.75, 3.05) is 26.3 Å². The zero-order chi connectivity index (χ0) is 21.4. The number of aromatic nitrogens is 4. The third kappa shape index (κ3) is 3.51. The summed E-state index contributed by atoms with van der Waals surface area (Å²) in [5.74, 6) is -0.00699. The summed E-state index contributed by atoms with van der Waals surface area (Å²) in [5.41, 5.74) is 3.83. The van der Waals surface area contributed by atoms with Crippen LogP contribution in [0, 0.1) is 6.92 Å². The number of aryl methyl sites for hydroxylation is 1. The van der Waals surface area contributed by atoms with Gasteiger partial charge in [-0.3, -0.25) is 9.59 Å². The summed E-state index contributed by atoms with van der Waals surface area (Å²) in [4.78, 5) is 30.0. The molecule has 0 saturated carbocycles. The fourth-order valence-corrected chi connectivity index (χ4v) is 3.93. The van der Waals surface area contributed by atoms with Gasteiger partial charge in [0.1, 0.15) is 5.69 Å². The second kappa shape index (κ2) is 7.81. The van der Waals surface area contributed by atoms with E-state index in [1.54, 1.807) is 27.9 Å². The van der Waals surface area contributed by atoms with Gasteiger partial charge in [-0.25, -0.2) is 4.68 Å². The molecule has 3 heterocycles. The predicted molar refractivity (Wildman–Crippen MR) is 116 cm³/mol. The molecule has 1 N–H and O–H groups in total. The summed E-state index contributed by atoms with van der Waals surface area (Å²) in [5, 5.41) is 9.39. The largest absolute Gasteiger partial charge is 0.378 e. The van der Waals surface area contributed by atoms with E-state index in [2.05, 4.69) is 15.3 Å². The minimum atomic E-state index is -0.199. The van der Waals surface area contributed by atoms with Crippen molar-refractivity contribution in [2.45, 2.75) is 6.92 Å². The molecule has 1 fully saturated rings. The lowest BCUT2D eigenvalue weighted by atomic mass is 10.0. The number of rotatable bonds is 3. The van der Waals surface area contributed by atoms with Crippen molar-refractivity contribution < 1.29 is 9.53 Å². The summed E-state index contributed by atoms with van der Waals surface area (Å²) in [7, 11) is 0. The van der Waals surface area contributed by atoms with Gasteiger partial charge in [0.25, 0.3) is 11.5 Å². The van der Waals surface area contributed by atoms with Crippen LogP contribution in [0.4, 0.5) is 0 Å². The van der Waals surface area contributed by atoms with Crippen LogP contribution in [0.1, 0.15) is 15.9 Å². The van der Waals surface area contributed by atoms with Gasteiger partial charge in [-0.15, -0.1) is 5.10 Å². The number of hydrogen-bond acceptors (Lipinski definition) is 5. The molecule has 0 bridgehead atoms. The van der Waals surface area contributed by atoms with Gasteiger partial charge >= 0.3 is 0 Å². The maximum atomic E-state index is 12.7. The van der Waals surface area contributed by atoms with Crippen molar-refractivity contribution in [2.24, 2.45) is 0 Å². The molecule has 31 heavy (non-hydrogen) atoms. The van der Waals surface area contributed by atoms with Crippen molar-refractivity contribution in [3.8, 4) is 16.9 Å². The Morgan fingerprint density at radius 3 is 2.58 bits per heavy atom. The van der Waals surface area contributed by atoms with Crippen molar-refractivity contribution >= 4 is 16.8 Å². The summed E-state index contributed by atoms with van der Waals surface area (Å²) >= 11 is 0. The van der Waals surface area contributed by atoms with Crippen LogP contribution in [0.5, 0.6) is 0 Å². The highest BCUT2D eigenvalue weighted by Gasteiger charge is 2.19. The molecule has 1 aliphatic rings. The zero-order valence-electron chi connectivity index (χ0n) is 17.0. The number of nitrogens with one attached hydrogen (secondary N) is 1. The number of para-hydroxylation sites is 1. The number of benzene rings is 2. The van der Waals surface area contributed by atoms with E-state index in [0.717, 1.165) is 22.2 Å². The molecule has 5 rings (SSSR count). The lowest BCUT2D eigenvalue weighted by Crippen LogP contribution is -2.40. The molecule has 2 aromatic heterocycles. The van der Waals surface area contributed by atoms with Crippen LogP contribution in [0.3, 0.4) is 0 Å². The second-order valence-electron chi connectivity index (χ2n) is 7.50. The van der Waals surface area contributed by atoms with Gasteiger partial charge in [0.15, 0.2) is 0 Å². The van der Waals surface area contributed by atoms with Crippen LogP contribution >= 0.6 is 0 Å². The molecule has 0 spiro atoms. The maximum absolute atomic E-state index is 12.7. The summed E-state index contributed by atoms with van der Waals surface area (Å²) < 4.78 is 6.91. The van der Waals surface area contributed by atoms with E-state index >= 15 is 0 Å². The molecule has 8 nitrogen and oxygen atoms in total. The first-order chi connectivity index (χ1) is 15.1. The number of pyridine rings is 1. The number of ether oxygens (including phenoxy) is 1. The number of H-pyrrole nitrogens is 1. The number of carbonyl (C=O) groups excluding carboxylic acids is 1. The summed E-state index contributed by atoms with van der Waals surface area (Å²) in [6.07, 6.45) is 1.73. The quantitative estimate of drug-likeness (QED) is 0.555. The van der Waals surface area contributed by atoms with Crippen molar-refractivity contribution in [1.82, 2.24) is 24.9 Å². The number of fused-ring (bicyclic) bond motifs is 1. The van der Waals surface area contributed by atoms with Crippen LogP contribution in [0.2, 0.25) is 0 Å². The number of carbonyl (C=O) groups is 1. The number of hydrogen-bond donors (Lipinski definition) is 1. The Bertz CT molecular complexity index is 1320. The van der Waals surface area contributed by atoms with Gasteiger partial charge < -0.3 is 14.6 Å². The van der Waals surface area contributed by atoms with Gasteiger partial charge in [0, 0.05) is 29.6 Å². The molecule has 2 aromatic carbocycles. The number of amides is 1. The van der Waals surface area contributed by atoms with Gasteiger partial charge in [0.2, 0.25) is 0 Å². The standard InChI is InChI=1S/C23H21N5O3/c1-15-18-4-2-3-5-19(18)24-22(29)21(15)20-14-28(26-25-20)17-8-6-16(7-9-17)23(30)27-10-12-31-13-11-27/h2-9,14H,10-13H2,1H3,(H,24,29). The lowest BCUT2D eigenvalue weighted by molar-refractivity contribution is 0.0303. The van der Waals surface area contributed by atoms with Crippen LogP contribution in [-0.2, 0) is 4.74 Å². The van der Waals surface area contributed by atoms with Crippen molar-refractivity contribution in [1.29, 1.82) is 0 Å². The smallest absolute Gasteiger partial charge is 0.258 e. The van der Waals surface area contributed by atoms with Crippen LogP contribution in [-0.4, -0.2) is 57.1 Å². The Kier molecular flexibility index (Phi) is 4.83. The SMILES string of the molecule is Cc1c(-c2cn(-c3ccc(C(=O)N4CCOCC4)cc3)nn2)c(=O)[nH]c2ccccc12. The monoisotopic (exact) mass is 415 g/mol. The topological polar surface area (TPSA) is 93.1 Å². The van der Waals surface area contributed by atoms with E-state index in [1.807, 2.05) is 43.3 Å². The third-order valence-electron chi connectivity index (χ3n) is 5.61. The van der Waals surface area contributed by atoms with E-state index in [9.17, 15) is 9.59 Å². The molecule has 1 saturated heterocycles. The first kappa shape index (κ1) is 19.2. The first-order valence-corrected chi connectivity index (χ1v) is 10.1. The van der Waals surface area contributed by atoms with Gasteiger partial charge in [-0.1, -0.05) is 23.4 Å².